The third-order valence-corrected chi connectivity index (χ3v) is 3.48. The van der Waals surface area contributed by atoms with Gasteiger partial charge in [0.2, 0.25) is 11.5 Å². The molecule has 0 fully saturated rings. The third-order valence-electron chi connectivity index (χ3n) is 3.48. The van der Waals surface area contributed by atoms with Gasteiger partial charge in [-0.25, -0.2) is 9.18 Å². The molecule has 3 unspecified atom stereocenters. The van der Waals surface area contributed by atoms with E-state index in [1.165, 1.54) is 30.4 Å². The summed E-state index contributed by atoms with van der Waals surface area (Å²) in [6, 6.07) is 8.36. The minimum absolute atomic E-state index is 0.145. The summed E-state index contributed by atoms with van der Waals surface area (Å²) < 4.78 is 23.6. The first-order chi connectivity index (χ1) is 11.1. The first kappa shape index (κ1) is 15.2. The summed E-state index contributed by atoms with van der Waals surface area (Å²) in [4.78, 5) is 23.9. The number of carbonyl (C=O) groups excluding carboxylic acids is 2. The number of allylic oxidation sites excluding steroid dienone is 4. The zero-order valence-corrected chi connectivity index (χ0v) is 11.9. The standard InChI is InChI=1S/C17H13FO5/c18-12-7-3-2-6-11(12)15(19)17(21)23-16(20)14-9-10-5-1-4-8-13(10)22-14/h1-9,11-12,17,21H. The Morgan fingerprint density at radius 2 is 1.96 bits per heavy atom. The normalized spacial score (nSPS) is 21.3. The number of Topliss-reactive ketones (excluding diaryl/α,β-unsaturated/α-hetero) is 1. The zero-order chi connectivity index (χ0) is 16.4. The first-order valence-corrected chi connectivity index (χ1v) is 6.96. The predicted octanol–water partition coefficient (Wildman–Crippen LogP) is 2.56. The second-order valence-corrected chi connectivity index (χ2v) is 5.05. The number of alkyl halides is 1. The van der Waals surface area contributed by atoms with Crippen molar-refractivity contribution in [3.63, 3.8) is 0 Å². The van der Waals surface area contributed by atoms with E-state index in [-0.39, 0.29) is 5.76 Å². The Kier molecular flexibility index (Phi) is 4.08. The van der Waals surface area contributed by atoms with Gasteiger partial charge in [0.05, 0.1) is 5.92 Å². The van der Waals surface area contributed by atoms with Gasteiger partial charge in [0.15, 0.2) is 0 Å². The van der Waals surface area contributed by atoms with Crippen LogP contribution in [-0.2, 0) is 9.53 Å². The number of ketones is 1. The van der Waals surface area contributed by atoms with E-state index in [1.54, 1.807) is 24.3 Å². The minimum Gasteiger partial charge on any atom is -0.449 e. The fourth-order valence-electron chi connectivity index (χ4n) is 2.30. The van der Waals surface area contributed by atoms with E-state index in [2.05, 4.69) is 4.74 Å². The van der Waals surface area contributed by atoms with Gasteiger partial charge in [-0.2, -0.15) is 0 Å². The molecule has 3 rings (SSSR count). The lowest BCUT2D eigenvalue weighted by Crippen LogP contribution is -2.35. The molecule has 0 radical (unpaired) electrons. The van der Waals surface area contributed by atoms with Crippen molar-refractivity contribution in [3.8, 4) is 0 Å². The second-order valence-electron chi connectivity index (χ2n) is 5.05. The van der Waals surface area contributed by atoms with Crippen LogP contribution in [0.15, 0.2) is 59.1 Å². The molecule has 0 spiro atoms. The van der Waals surface area contributed by atoms with Crippen LogP contribution in [0.1, 0.15) is 10.6 Å². The number of aliphatic hydroxyl groups excluding tert-OH is 1. The highest BCUT2D eigenvalue weighted by atomic mass is 19.1. The van der Waals surface area contributed by atoms with Crippen LogP contribution >= 0.6 is 0 Å². The Labute approximate surface area is 130 Å². The lowest BCUT2D eigenvalue weighted by molar-refractivity contribution is -0.150. The van der Waals surface area contributed by atoms with Crippen molar-refractivity contribution in [3.05, 3.63) is 60.4 Å². The molecule has 3 atom stereocenters. The Morgan fingerprint density at radius 3 is 2.70 bits per heavy atom. The van der Waals surface area contributed by atoms with Crippen LogP contribution < -0.4 is 0 Å². The average molecular weight is 316 g/mol. The van der Waals surface area contributed by atoms with Crippen LogP contribution in [0.5, 0.6) is 0 Å². The smallest absolute Gasteiger partial charge is 0.376 e. The fraction of sp³-hybridized carbons (Fsp3) is 0.176. The van der Waals surface area contributed by atoms with E-state index in [0.29, 0.717) is 11.0 Å². The topological polar surface area (TPSA) is 76.7 Å². The summed E-state index contributed by atoms with van der Waals surface area (Å²) in [6.45, 7) is 0. The molecular formula is C17H13FO5. The third kappa shape index (κ3) is 3.07. The van der Waals surface area contributed by atoms with Crippen molar-refractivity contribution in [2.45, 2.75) is 12.5 Å². The van der Waals surface area contributed by atoms with Gasteiger partial charge in [0.25, 0.3) is 6.29 Å². The summed E-state index contributed by atoms with van der Waals surface area (Å²) >= 11 is 0. The molecule has 0 amide bonds. The van der Waals surface area contributed by atoms with E-state index in [4.69, 9.17) is 4.42 Å². The number of aliphatic hydroxyl groups is 1. The average Bonchev–Trinajstić information content (AvgIpc) is 2.99. The highest BCUT2D eigenvalue weighted by Crippen LogP contribution is 2.22. The van der Waals surface area contributed by atoms with E-state index in [0.717, 1.165) is 0 Å². The number of carbonyl (C=O) groups is 2. The molecule has 0 saturated heterocycles. The number of halogens is 1. The lowest BCUT2D eigenvalue weighted by atomic mass is 9.94. The highest BCUT2D eigenvalue weighted by molar-refractivity contribution is 5.95. The van der Waals surface area contributed by atoms with Crippen molar-refractivity contribution in [2.24, 2.45) is 5.92 Å². The number of para-hydroxylation sites is 1. The molecule has 1 N–H and O–H groups in total. The van der Waals surface area contributed by atoms with Crippen molar-refractivity contribution < 1.29 is 28.2 Å². The van der Waals surface area contributed by atoms with Crippen LogP contribution in [0, 0.1) is 5.92 Å². The van der Waals surface area contributed by atoms with Crippen LogP contribution in [0.4, 0.5) is 4.39 Å². The number of hydrogen-bond acceptors (Lipinski definition) is 5. The summed E-state index contributed by atoms with van der Waals surface area (Å²) in [5.41, 5.74) is 0.476. The molecule has 1 heterocycles. The van der Waals surface area contributed by atoms with Crippen molar-refractivity contribution in [1.29, 1.82) is 0 Å². The van der Waals surface area contributed by atoms with Crippen molar-refractivity contribution in [2.75, 3.05) is 0 Å². The SMILES string of the molecule is O=C(OC(O)C(=O)C1C=CC=CC1F)c1cc2ccccc2o1. The van der Waals surface area contributed by atoms with Gasteiger partial charge < -0.3 is 14.3 Å². The van der Waals surface area contributed by atoms with Gasteiger partial charge in [0.1, 0.15) is 11.8 Å². The maximum atomic E-state index is 13.6. The molecule has 6 heteroatoms. The molecule has 23 heavy (non-hydrogen) atoms. The molecule has 1 aromatic heterocycles. The van der Waals surface area contributed by atoms with E-state index in [9.17, 15) is 19.1 Å². The van der Waals surface area contributed by atoms with E-state index in [1.807, 2.05) is 0 Å². The van der Waals surface area contributed by atoms with Crippen LogP contribution in [0.3, 0.4) is 0 Å². The van der Waals surface area contributed by atoms with Crippen molar-refractivity contribution in [1.82, 2.24) is 0 Å². The number of furan rings is 1. The zero-order valence-electron chi connectivity index (χ0n) is 11.9. The molecular weight excluding hydrogens is 303 g/mol. The molecule has 118 valence electrons. The van der Waals surface area contributed by atoms with Crippen LogP contribution in [0.2, 0.25) is 0 Å². The lowest BCUT2D eigenvalue weighted by Gasteiger charge is -2.19. The number of esters is 1. The van der Waals surface area contributed by atoms with Gasteiger partial charge in [-0.1, -0.05) is 36.4 Å². The quantitative estimate of drug-likeness (QED) is 0.693. The number of hydrogen-bond donors (Lipinski definition) is 1. The Morgan fingerprint density at radius 1 is 1.22 bits per heavy atom. The molecule has 0 aliphatic heterocycles. The molecule has 1 aromatic carbocycles. The Balaban J connectivity index is 1.70. The molecule has 0 bridgehead atoms. The fourth-order valence-corrected chi connectivity index (χ4v) is 2.30. The van der Waals surface area contributed by atoms with Crippen LogP contribution in [0.25, 0.3) is 11.0 Å². The number of benzene rings is 1. The number of fused-ring (bicyclic) bond motifs is 1. The summed E-state index contributed by atoms with van der Waals surface area (Å²) in [6.07, 6.45) is 1.83. The number of ether oxygens (including phenoxy) is 1. The molecule has 5 nitrogen and oxygen atoms in total. The molecule has 2 aromatic rings. The van der Waals surface area contributed by atoms with Gasteiger partial charge in [-0.15, -0.1) is 0 Å². The van der Waals surface area contributed by atoms with Crippen LogP contribution in [-0.4, -0.2) is 29.3 Å². The van der Waals surface area contributed by atoms with Gasteiger partial charge in [-0.3, -0.25) is 4.79 Å². The monoisotopic (exact) mass is 316 g/mol. The highest BCUT2D eigenvalue weighted by Gasteiger charge is 2.33. The largest absolute Gasteiger partial charge is 0.449 e. The van der Waals surface area contributed by atoms with Gasteiger partial charge >= 0.3 is 5.97 Å². The van der Waals surface area contributed by atoms with E-state index >= 15 is 0 Å². The summed E-state index contributed by atoms with van der Waals surface area (Å²) in [7, 11) is 0. The van der Waals surface area contributed by atoms with E-state index < -0.39 is 30.1 Å². The number of rotatable bonds is 4. The maximum Gasteiger partial charge on any atom is 0.376 e. The maximum absolute atomic E-state index is 13.6. The molecule has 0 saturated carbocycles. The van der Waals surface area contributed by atoms with Gasteiger partial charge in [-0.05, 0) is 18.2 Å². The second kappa shape index (κ2) is 6.18. The molecule has 1 aliphatic rings. The molecule has 1 aliphatic carbocycles. The summed E-state index contributed by atoms with van der Waals surface area (Å²) in [5, 5.41) is 10.4. The van der Waals surface area contributed by atoms with Gasteiger partial charge in [0, 0.05) is 5.39 Å². The summed E-state index contributed by atoms with van der Waals surface area (Å²) in [5.74, 6) is -3.25. The predicted molar refractivity (Wildman–Crippen MR) is 79.3 cm³/mol. The Bertz CT molecular complexity index is 771. The first-order valence-electron chi connectivity index (χ1n) is 6.96. The van der Waals surface area contributed by atoms with Crippen molar-refractivity contribution >= 4 is 22.7 Å². The Hall–Kier alpha value is -2.73. The minimum atomic E-state index is -2.06.